The molecule has 4 rings (SSSR count). The Kier molecular flexibility index (Phi) is 5.34. The van der Waals surface area contributed by atoms with Crippen molar-refractivity contribution in [2.45, 2.75) is 6.42 Å². The zero-order chi connectivity index (χ0) is 19.5. The third-order valence-corrected chi connectivity index (χ3v) is 5.32. The van der Waals surface area contributed by atoms with E-state index in [0.717, 1.165) is 28.4 Å². The second-order valence-corrected chi connectivity index (χ2v) is 7.46. The Morgan fingerprint density at radius 2 is 1.36 bits per heavy atom. The van der Waals surface area contributed by atoms with Crippen LogP contribution >= 0.6 is 23.2 Å². The van der Waals surface area contributed by atoms with Gasteiger partial charge in [-0.15, -0.1) is 0 Å². The fourth-order valence-electron chi connectivity index (χ4n) is 3.14. The van der Waals surface area contributed by atoms with Crippen LogP contribution in [-0.4, -0.2) is 5.91 Å². The largest absolute Gasteiger partial charge is 0.322 e. The van der Waals surface area contributed by atoms with Crippen molar-refractivity contribution < 1.29 is 4.79 Å². The molecule has 0 spiro atoms. The lowest BCUT2D eigenvalue weighted by molar-refractivity contribution is 0.102. The Balaban J connectivity index is 1.49. The van der Waals surface area contributed by atoms with Crippen LogP contribution in [0.5, 0.6) is 0 Å². The Hall–Kier alpha value is -2.81. The minimum absolute atomic E-state index is 0.116. The highest BCUT2D eigenvalue weighted by Crippen LogP contribution is 2.29. The molecule has 0 aliphatic rings. The van der Waals surface area contributed by atoms with Gasteiger partial charge in [0.15, 0.2) is 0 Å². The summed E-state index contributed by atoms with van der Waals surface area (Å²) in [7, 11) is 0. The van der Waals surface area contributed by atoms with Gasteiger partial charge in [-0.1, -0.05) is 71.7 Å². The van der Waals surface area contributed by atoms with Gasteiger partial charge in [-0.3, -0.25) is 4.79 Å². The van der Waals surface area contributed by atoms with Crippen molar-refractivity contribution in [3.8, 4) is 0 Å². The van der Waals surface area contributed by atoms with Crippen molar-refractivity contribution in [2.24, 2.45) is 0 Å². The van der Waals surface area contributed by atoms with Crippen LogP contribution in [0.2, 0.25) is 10.0 Å². The Morgan fingerprint density at radius 3 is 2.07 bits per heavy atom. The highest BCUT2D eigenvalue weighted by molar-refractivity contribution is 6.42. The molecule has 0 aliphatic carbocycles. The molecule has 138 valence electrons. The molecule has 2 nitrogen and oxygen atoms in total. The van der Waals surface area contributed by atoms with E-state index >= 15 is 0 Å². The molecule has 0 unspecified atom stereocenters. The van der Waals surface area contributed by atoms with E-state index in [9.17, 15) is 4.79 Å². The molecule has 0 saturated heterocycles. The molecule has 1 N–H and O–H groups in total. The summed E-state index contributed by atoms with van der Waals surface area (Å²) in [5, 5.41) is 6.13. The Bertz CT molecular complexity index is 1140. The van der Waals surface area contributed by atoms with E-state index in [2.05, 4.69) is 23.5 Å². The molecule has 4 heteroatoms. The predicted molar refractivity (Wildman–Crippen MR) is 118 cm³/mol. The molecular formula is C24H17Cl2NO. The lowest BCUT2D eigenvalue weighted by Gasteiger charge is -2.08. The van der Waals surface area contributed by atoms with E-state index in [1.165, 1.54) is 5.56 Å². The van der Waals surface area contributed by atoms with Gasteiger partial charge in [0.1, 0.15) is 0 Å². The van der Waals surface area contributed by atoms with Crippen molar-refractivity contribution in [2.75, 3.05) is 5.32 Å². The maximum absolute atomic E-state index is 12.4. The molecule has 0 saturated carbocycles. The molecule has 4 aromatic rings. The van der Waals surface area contributed by atoms with Gasteiger partial charge in [-0.2, -0.15) is 0 Å². The number of amides is 1. The summed E-state index contributed by atoms with van der Waals surface area (Å²) in [6.45, 7) is 0. The highest BCUT2D eigenvalue weighted by Gasteiger charge is 2.07. The first-order chi connectivity index (χ1) is 13.6. The maximum Gasteiger partial charge on any atom is 0.255 e. The predicted octanol–water partition coefficient (Wildman–Crippen LogP) is 6.99. The number of carbonyl (C=O) groups is 1. The Labute approximate surface area is 173 Å². The van der Waals surface area contributed by atoms with Crippen LogP contribution < -0.4 is 5.32 Å². The molecule has 0 aromatic heterocycles. The van der Waals surface area contributed by atoms with Crippen molar-refractivity contribution in [1.29, 1.82) is 0 Å². The zero-order valence-electron chi connectivity index (χ0n) is 15.0. The number of hydrogen-bond acceptors (Lipinski definition) is 1. The van der Waals surface area contributed by atoms with Crippen LogP contribution in [0.4, 0.5) is 5.69 Å². The first kappa shape index (κ1) is 18.5. The van der Waals surface area contributed by atoms with Crippen LogP contribution in [0, 0.1) is 0 Å². The summed E-state index contributed by atoms with van der Waals surface area (Å²) in [5.41, 5.74) is 3.72. The number of para-hydroxylation sites is 1. The molecule has 4 aromatic carbocycles. The average Bonchev–Trinajstić information content (AvgIpc) is 2.70. The van der Waals surface area contributed by atoms with Crippen LogP contribution in [0.25, 0.3) is 10.8 Å². The number of nitrogens with one attached hydrogen (secondary N) is 1. The van der Waals surface area contributed by atoms with Crippen LogP contribution in [0.3, 0.4) is 0 Å². The van der Waals surface area contributed by atoms with Gasteiger partial charge in [0.2, 0.25) is 0 Å². The SMILES string of the molecule is O=C(Nc1ccccc1)c1ccc(Cc2ccc3cc(Cl)c(Cl)cc3c2)cc1. The van der Waals surface area contributed by atoms with E-state index in [1.807, 2.05) is 66.7 Å². The summed E-state index contributed by atoms with van der Waals surface area (Å²) in [6, 6.07) is 27.1. The first-order valence-corrected chi connectivity index (χ1v) is 9.67. The smallest absolute Gasteiger partial charge is 0.255 e. The van der Waals surface area contributed by atoms with Crippen LogP contribution in [0.1, 0.15) is 21.5 Å². The van der Waals surface area contributed by atoms with Crippen molar-refractivity contribution >= 4 is 45.6 Å². The Morgan fingerprint density at radius 1 is 0.714 bits per heavy atom. The lowest BCUT2D eigenvalue weighted by Crippen LogP contribution is -2.11. The average molecular weight is 406 g/mol. The summed E-state index contributed by atoms with van der Waals surface area (Å²) < 4.78 is 0. The molecule has 0 atom stereocenters. The first-order valence-electron chi connectivity index (χ1n) is 8.91. The van der Waals surface area contributed by atoms with Gasteiger partial charge < -0.3 is 5.32 Å². The minimum atomic E-state index is -0.116. The molecular weight excluding hydrogens is 389 g/mol. The number of halogens is 2. The standard InChI is InChI=1S/C24H17Cl2NO/c25-22-14-19-11-8-17(13-20(19)15-23(22)26)12-16-6-9-18(10-7-16)24(28)27-21-4-2-1-3-5-21/h1-11,13-15H,12H2,(H,27,28). The van der Waals surface area contributed by atoms with E-state index in [-0.39, 0.29) is 5.91 Å². The lowest BCUT2D eigenvalue weighted by atomic mass is 10.0. The molecule has 0 fully saturated rings. The third kappa shape index (κ3) is 4.19. The van der Waals surface area contributed by atoms with Gasteiger partial charge >= 0.3 is 0 Å². The van der Waals surface area contributed by atoms with Gasteiger partial charge in [0, 0.05) is 11.3 Å². The molecule has 0 aliphatic heterocycles. The van der Waals surface area contributed by atoms with Crippen LogP contribution in [-0.2, 0) is 6.42 Å². The normalized spacial score (nSPS) is 10.8. The number of benzene rings is 4. The number of hydrogen-bond donors (Lipinski definition) is 1. The second-order valence-electron chi connectivity index (χ2n) is 6.64. The van der Waals surface area contributed by atoms with Gasteiger partial charge in [0.25, 0.3) is 5.91 Å². The number of carbonyl (C=O) groups excluding carboxylic acids is 1. The number of rotatable bonds is 4. The van der Waals surface area contributed by atoms with E-state index < -0.39 is 0 Å². The molecule has 0 bridgehead atoms. The number of anilines is 1. The number of fused-ring (bicyclic) bond motifs is 1. The van der Waals surface area contributed by atoms with Crippen LogP contribution in [0.15, 0.2) is 84.9 Å². The third-order valence-electron chi connectivity index (χ3n) is 4.60. The highest BCUT2D eigenvalue weighted by atomic mass is 35.5. The van der Waals surface area contributed by atoms with Crippen molar-refractivity contribution in [3.05, 3.63) is 112 Å². The van der Waals surface area contributed by atoms with Crippen molar-refractivity contribution in [3.63, 3.8) is 0 Å². The zero-order valence-corrected chi connectivity index (χ0v) is 16.5. The fourth-order valence-corrected chi connectivity index (χ4v) is 3.48. The summed E-state index contributed by atoms with van der Waals surface area (Å²) in [4.78, 5) is 12.4. The van der Waals surface area contributed by atoms with Gasteiger partial charge in [0.05, 0.1) is 10.0 Å². The molecule has 1 amide bonds. The van der Waals surface area contributed by atoms with E-state index in [4.69, 9.17) is 23.2 Å². The van der Waals surface area contributed by atoms with Gasteiger partial charge in [-0.25, -0.2) is 0 Å². The molecule has 0 heterocycles. The summed E-state index contributed by atoms with van der Waals surface area (Å²) in [5.74, 6) is -0.116. The fraction of sp³-hybridized carbons (Fsp3) is 0.0417. The molecule has 28 heavy (non-hydrogen) atoms. The maximum atomic E-state index is 12.4. The second kappa shape index (κ2) is 8.05. The summed E-state index contributed by atoms with van der Waals surface area (Å²) >= 11 is 12.2. The topological polar surface area (TPSA) is 29.1 Å². The minimum Gasteiger partial charge on any atom is -0.322 e. The monoisotopic (exact) mass is 405 g/mol. The quantitative estimate of drug-likeness (QED) is 0.389. The van der Waals surface area contributed by atoms with Gasteiger partial charge in [-0.05, 0) is 64.7 Å². The van der Waals surface area contributed by atoms with E-state index in [1.54, 1.807) is 0 Å². The van der Waals surface area contributed by atoms with Crippen molar-refractivity contribution in [1.82, 2.24) is 0 Å². The van der Waals surface area contributed by atoms with E-state index in [0.29, 0.717) is 15.6 Å². The molecule has 0 radical (unpaired) electrons. The summed E-state index contributed by atoms with van der Waals surface area (Å²) in [6.07, 6.45) is 0.775.